The third-order valence-electron chi connectivity index (χ3n) is 5.15. The molecule has 1 aromatic carbocycles. The summed E-state index contributed by atoms with van der Waals surface area (Å²) >= 11 is 0. The van der Waals surface area contributed by atoms with Crippen LogP contribution in [0.1, 0.15) is 43.6 Å². The van der Waals surface area contributed by atoms with Crippen LogP contribution in [0.25, 0.3) is 0 Å². The van der Waals surface area contributed by atoms with Gasteiger partial charge in [-0.3, -0.25) is 4.90 Å². The zero-order valence-corrected chi connectivity index (χ0v) is 13.1. The van der Waals surface area contributed by atoms with Gasteiger partial charge in [-0.2, -0.15) is 0 Å². The standard InChI is InChI=1S/C18H29N3/c19-10-11-20-12-14-21(15-13-20)18-8-6-17(7-9-18)16-4-2-1-3-5-16/h6-9,16H,1-5,10-15,19H2. The second kappa shape index (κ2) is 7.28. The molecule has 2 aliphatic rings. The normalized spacial score (nSPS) is 21.7. The second-order valence-electron chi connectivity index (χ2n) is 6.54. The van der Waals surface area contributed by atoms with E-state index in [1.54, 1.807) is 5.56 Å². The molecule has 1 saturated heterocycles. The topological polar surface area (TPSA) is 32.5 Å². The lowest BCUT2D eigenvalue weighted by atomic mass is 9.84. The Hall–Kier alpha value is -1.06. The molecule has 116 valence electrons. The van der Waals surface area contributed by atoms with Crippen molar-refractivity contribution >= 4 is 5.69 Å². The lowest BCUT2D eigenvalue weighted by Crippen LogP contribution is -2.47. The minimum atomic E-state index is 0.774. The van der Waals surface area contributed by atoms with E-state index >= 15 is 0 Å². The van der Waals surface area contributed by atoms with Crippen molar-refractivity contribution in [2.75, 3.05) is 44.2 Å². The van der Waals surface area contributed by atoms with Crippen LogP contribution >= 0.6 is 0 Å². The number of rotatable bonds is 4. The summed E-state index contributed by atoms with van der Waals surface area (Å²) in [6.45, 7) is 6.35. The molecule has 3 heteroatoms. The number of anilines is 1. The zero-order valence-electron chi connectivity index (χ0n) is 13.1. The lowest BCUT2D eigenvalue weighted by molar-refractivity contribution is 0.265. The average Bonchev–Trinajstić information content (AvgIpc) is 2.57. The van der Waals surface area contributed by atoms with Crippen molar-refractivity contribution in [1.82, 2.24) is 4.90 Å². The lowest BCUT2D eigenvalue weighted by Gasteiger charge is -2.36. The van der Waals surface area contributed by atoms with Crippen molar-refractivity contribution in [3.63, 3.8) is 0 Å². The van der Waals surface area contributed by atoms with Crippen LogP contribution in [-0.4, -0.2) is 44.2 Å². The third kappa shape index (κ3) is 3.78. The van der Waals surface area contributed by atoms with E-state index in [4.69, 9.17) is 5.73 Å². The number of piperazine rings is 1. The largest absolute Gasteiger partial charge is 0.369 e. The van der Waals surface area contributed by atoms with Crippen LogP contribution < -0.4 is 10.6 Å². The van der Waals surface area contributed by atoms with Crippen LogP contribution in [0, 0.1) is 0 Å². The van der Waals surface area contributed by atoms with Crippen molar-refractivity contribution < 1.29 is 0 Å². The number of benzene rings is 1. The SMILES string of the molecule is NCCN1CCN(c2ccc(C3CCCCC3)cc2)CC1. The molecule has 2 fully saturated rings. The Morgan fingerprint density at radius 3 is 2.19 bits per heavy atom. The van der Waals surface area contributed by atoms with E-state index in [1.807, 2.05) is 0 Å². The predicted octanol–water partition coefficient (Wildman–Crippen LogP) is 2.82. The van der Waals surface area contributed by atoms with E-state index in [1.165, 1.54) is 37.8 Å². The molecule has 0 amide bonds. The van der Waals surface area contributed by atoms with E-state index in [9.17, 15) is 0 Å². The zero-order chi connectivity index (χ0) is 14.5. The minimum absolute atomic E-state index is 0.774. The highest BCUT2D eigenvalue weighted by Crippen LogP contribution is 2.33. The Kier molecular flexibility index (Phi) is 5.15. The highest BCUT2D eigenvalue weighted by molar-refractivity contribution is 5.48. The Balaban J connectivity index is 1.57. The summed E-state index contributed by atoms with van der Waals surface area (Å²) in [5.74, 6) is 0.814. The van der Waals surface area contributed by atoms with Gasteiger partial charge in [-0.25, -0.2) is 0 Å². The number of nitrogens with two attached hydrogens (primary N) is 1. The van der Waals surface area contributed by atoms with Crippen molar-refractivity contribution in [2.45, 2.75) is 38.0 Å². The van der Waals surface area contributed by atoms with Gasteiger partial charge in [-0.05, 0) is 36.5 Å². The maximum absolute atomic E-state index is 5.64. The molecular weight excluding hydrogens is 258 g/mol. The molecule has 1 saturated carbocycles. The summed E-state index contributed by atoms with van der Waals surface area (Å²) in [4.78, 5) is 4.98. The maximum atomic E-state index is 5.64. The van der Waals surface area contributed by atoms with Gasteiger partial charge in [-0.15, -0.1) is 0 Å². The van der Waals surface area contributed by atoms with Gasteiger partial charge in [-0.1, -0.05) is 31.4 Å². The molecule has 1 heterocycles. The van der Waals surface area contributed by atoms with Gasteiger partial charge in [0.05, 0.1) is 0 Å². The molecule has 0 spiro atoms. The molecule has 2 N–H and O–H groups in total. The van der Waals surface area contributed by atoms with Gasteiger partial charge in [0.2, 0.25) is 0 Å². The molecule has 0 atom stereocenters. The summed E-state index contributed by atoms with van der Waals surface area (Å²) in [6.07, 6.45) is 7.03. The van der Waals surface area contributed by atoms with Crippen molar-refractivity contribution in [3.05, 3.63) is 29.8 Å². The molecule has 1 aromatic rings. The third-order valence-corrected chi connectivity index (χ3v) is 5.15. The monoisotopic (exact) mass is 287 g/mol. The van der Waals surface area contributed by atoms with Crippen molar-refractivity contribution in [2.24, 2.45) is 5.73 Å². The number of hydrogen-bond donors (Lipinski definition) is 1. The van der Waals surface area contributed by atoms with E-state index in [0.29, 0.717) is 0 Å². The highest BCUT2D eigenvalue weighted by atomic mass is 15.3. The van der Waals surface area contributed by atoms with Gasteiger partial charge in [0.1, 0.15) is 0 Å². The quantitative estimate of drug-likeness (QED) is 0.924. The summed E-state index contributed by atoms with van der Waals surface area (Å²) in [5.41, 5.74) is 8.58. The molecule has 21 heavy (non-hydrogen) atoms. The second-order valence-corrected chi connectivity index (χ2v) is 6.54. The molecule has 0 bridgehead atoms. The molecule has 1 aliphatic carbocycles. The maximum Gasteiger partial charge on any atom is 0.0367 e. The molecule has 0 radical (unpaired) electrons. The van der Waals surface area contributed by atoms with Crippen LogP contribution in [0.15, 0.2) is 24.3 Å². The first-order chi connectivity index (χ1) is 10.4. The Morgan fingerprint density at radius 2 is 1.57 bits per heavy atom. The smallest absolute Gasteiger partial charge is 0.0367 e. The summed E-state index contributed by atoms with van der Waals surface area (Å²) in [6, 6.07) is 9.42. The number of nitrogens with zero attached hydrogens (tertiary/aromatic N) is 2. The molecule has 0 unspecified atom stereocenters. The first kappa shape index (κ1) is 14.9. The first-order valence-corrected chi connectivity index (χ1v) is 8.64. The molecule has 3 rings (SSSR count). The van der Waals surface area contributed by atoms with Crippen LogP contribution in [0.5, 0.6) is 0 Å². The van der Waals surface area contributed by atoms with Crippen LogP contribution in [0.3, 0.4) is 0 Å². The van der Waals surface area contributed by atoms with Gasteiger partial charge in [0.25, 0.3) is 0 Å². The van der Waals surface area contributed by atoms with E-state index in [2.05, 4.69) is 34.1 Å². The molecular formula is C18H29N3. The van der Waals surface area contributed by atoms with Gasteiger partial charge in [0.15, 0.2) is 0 Å². The van der Waals surface area contributed by atoms with Gasteiger partial charge < -0.3 is 10.6 Å². The van der Waals surface area contributed by atoms with Crippen LogP contribution in [0.4, 0.5) is 5.69 Å². The predicted molar refractivity (Wildman–Crippen MR) is 90.0 cm³/mol. The molecule has 1 aliphatic heterocycles. The fourth-order valence-electron chi connectivity index (χ4n) is 3.81. The summed E-state index contributed by atoms with van der Waals surface area (Å²) < 4.78 is 0. The van der Waals surface area contributed by atoms with Gasteiger partial charge >= 0.3 is 0 Å². The first-order valence-electron chi connectivity index (χ1n) is 8.64. The molecule has 0 aromatic heterocycles. The van der Waals surface area contributed by atoms with Crippen LogP contribution in [-0.2, 0) is 0 Å². The van der Waals surface area contributed by atoms with Crippen molar-refractivity contribution in [1.29, 1.82) is 0 Å². The fraction of sp³-hybridized carbons (Fsp3) is 0.667. The fourth-order valence-corrected chi connectivity index (χ4v) is 3.81. The van der Waals surface area contributed by atoms with Gasteiger partial charge in [0, 0.05) is 45.0 Å². The Labute approximate surface area is 129 Å². The summed E-state index contributed by atoms with van der Waals surface area (Å²) in [5, 5.41) is 0. The average molecular weight is 287 g/mol. The summed E-state index contributed by atoms with van der Waals surface area (Å²) in [7, 11) is 0. The highest BCUT2D eigenvalue weighted by Gasteiger charge is 2.18. The van der Waals surface area contributed by atoms with E-state index < -0.39 is 0 Å². The van der Waals surface area contributed by atoms with E-state index in [-0.39, 0.29) is 0 Å². The van der Waals surface area contributed by atoms with E-state index in [0.717, 1.165) is 45.2 Å². The Morgan fingerprint density at radius 1 is 0.905 bits per heavy atom. The Bertz CT molecular complexity index is 415. The van der Waals surface area contributed by atoms with Crippen molar-refractivity contribution in [3.8, 4) is 0 Å². The number of hydrogen-bond acceptors (Lipinski definition) is 3. The van der Waals surface area contributed by atoms with Crippen LogP contribution in [0.2, 0.25) is 0 Å². The minimum Gasteiger partial charge on any atom is -0.369 e. The molecule has 3 nitrogen and oxygen atoms in total.